The minimum absolute atomic E-state index is 0.0466. The second kappa shape index (κ2) is 7.56. The SMILES string of the molecule is Cc1cc(Cl)cc(NC(=O)C2CC3(C2)CN(CC(=O)N2CCOCC2(C)C)C3)c1. The number of nitrogens with one attached hydrogen (secondary N) is 1. The van der Waals surface area contributed by atoms with Crippen LogP contribution in [0.15, 0.2) is 18.2 Å². The molecule has 0 unspecified atom stereocenters. The zero-order valence-corrected chi connectivity index (χ0v) is 18.2. The number of aryl methyl sites for hydroxylation is 1. The van der Waals surface area contributed by atoms with E-state index in [1.54, 1.807) is 6.07 Å². The van der Waals surface area contributed by atoms with Crippen LogP contribution in [-0.2, 0) is 14.3 Å². The summed E-state index contributed by atoms with van der Waals surface area (Å²) in [5.41, 5.74) is 1.76. The number of hydrogen-bond acceptors (Lipinski definition) is 4. The molecule has 1 spiro atoms. The predicted octanol–water partition coefficient (Wildman–Crippen LogP) is 2.94. The highest BCUT2D eigenvalue weighted by molar-refractivity contribution is 6.31. The largest absolute Gasteiger partial charge is 0.377 e. The van der Waals surface area contributed by atoms with Gasteiger partial charge < -0.3 is 15.0 Å². The zero-order valence-electron chi connectivity index (χ0n) is 17.5. The Kier molecular flexibility index (Phi) is 5.38. The highest BCUT2D eigenvalue weighted by atomic mass is 35.5. The highest BCUT2D eigenvalue weighted by Gasteiger charge is 2.54. The van der Waals surface area contributed by atoms with Crippen molar-refractivity contribution in [3.63, 3.8) is 0 Å². The molecule has 7 heteroatoms. The number of carbonyl (C=O) groups excluding carboxylic acids is 2. The van der Waals surface area contributed by atoms with Gasteiger partial charge in [-0.05, 0) is 62.8 Å². The van der Waals surface area contributed by atoms with Crippen molar-refractivity contribution in [3.8, 4) is 0 Å². The number of rotatable bonds is 4. The van der Waals surface area contributed by atoms with Gasteiger partial charge in [-0.15, -0.1) is 0 Å². The van der Waals surface area contributed by atoms with Crippen LogP contribution in [0, 0.1) is 18.3 Å². The number of hydrogen-bond donors (Lipinski definition) is 1. The van der Waals surface area contributed by atoms with Gasteiger partial charge in [0.25, 0.3) is 0 Å². The van der Waals surface area contributed by atoms with Crippen LogP contribution in [0.3, 0.4) is 0 Å². The maximum Gasteiger partial charge on any atom is 0.237 e. The second-order valence-corrected chi connectivity index (χ2v) is 10.1. The van der Waals surface area contributed by atoms with E-state index in [4.69, 9.17) is 16.3 Å². The first-order valence-corrected chi connectivity index (χ1v) is 10.7. The quantitative estimate of drug-likeness (QED) is 0.815. The third-order valence-electron chi connectivity index (χ3n) is 6.46. The molecule has 1 N–H and O–H groups in total. The lowest BCUT2D eigenvalue weighted by Crippen LogP contribution is -2.66. The van der Waals surface area contributed by atoms with E-state index in [1.165, 1.54) is 0 Å². The maximum atomic E-state index is 12.7. The van der Waals surface area contributed by atoms with Gasteiger partial charge in [-0.3, -0.25) is 14.5 Å². The van der Waals surface area contributed by atoms with E-state index in [-0.39, 0.29) is 28.7 Å². The summed E-state index contributed by atoms with van der Waals surface area (Å²) < 4.78 is 5.51. The van der Waals surface area contributed by atoms with Gasteiger partial charge in [0.1, 0.15) is 0 Å². The fourth-order valence-corrected chi connectivity index (χ4v) is 5.38. The molecular formula is C22H30ClN3O3. The van der Waals surface area contributed by atoms with Crippen LogP contribution in [0.4, 0.5) is 5.69 Å². The predicted molar refractivity (Wildman–Crippen MR) is 113 cm³/mol. The molecule has 0 bridgehead atoms. The number of halogens is 1. The van der Waals surface area contributed by atoms with Crippen LogP contribution in [-0.4, -0.2) is 66.5 Å². The number of nitrogens with zero attached hydrogens (tertiary/aromatic N) is 2. The fraction of sp³-hybridized carbons (Fsp3) is 0.636. The molecule has 0 atom stereocenters. The second-order valence-electron chi connectivity index (χ2n) is 9.67. The van der Waals surface area contributed by atoms with Crippen LogP contribution in [0.5, 0.6) is 0 Å². The van der Waals surface area contributed by atoms with E-state index in [9.17, 15) is 9.59 Å². The minimum Gasteiger partial charge on any atom is -0.377 e. The molecule has 1 aromatic carbocycles. The molecule has 2 amide bonds. The Morgan fingerprint density at radius 1 is 1.24 bits per heavy atom. The highest BCUT2D eigenvalue weighted by Crippen LogP contribution is 2.52. The van der Waals surface area contributed by atoms with Crippen molar-refractivity contribution in [3.05, 3.63) is 28.8 Å². The molecule has 2 saturated heterocycles. The van der Waals surface area contributed by atoms with Gasteiger partial charge in [-0.1, -0.05) is 11.6 Å². The molecule has 0 radical (unpaired) electrons. The molecule has 2 heterocycles. The lowest BCUT2D eigenvalue weighted by Gasteiger charge is -2.59. The van der Waals surface area contributed by atoms with Crippen molar-refractivity contribution < 1.29 is 14.3 Å². The van der Waals surface area contributed by atoms with E-state index in [1.807, 2.05) is 24.0 Å². The number of benzene rings is 1. The molecular weight excluding hydrogens is 390 g/mol. The Morgan fingerprint density at radius 3 is 2.62 bits per heavy atom. The van der Waals surface area contributed by atoms with Crippen molar-refractivity contribution in [2.45, 2.75) is 39.2 Å². The molecule has 2 aliphatic heterocycles. The Morgan fingerprint density at radius 2 is 1.97 bits per heavy atom. The van der Waals surface area contributed by atoms with Crippen molar-refractivity contribution in [1.82, 2.24) is 9.80 Å². The van der Waals surface area contributed by atoms with Crippen LogP contribution in [0.25, 0.3) is 0 Å². The average molecular weight is 420 g/mol. The molecule has 0 aromatic heterocycles. The molecule has 1 saturated carbocycles. The molecule has 4 rings (SSSR count). The van der Waals surface area contributed by atoms with E-state index >= 15 is 0 Å². The van der Waals surface area contributed by atoms with Gasteiger partial charge in [-0.2, -0.15) is 0 Å². The smallest absolute Gasteiger partial charge is 0.237 e. The number of anilines is 1. The molecule has 6 nitrogen and oxygen atoms in total. The standard InChI is InChI=1S/C22H30ClN3O3/c1-15-6-17(23)8-18(7-15)24-20(28)16-9-22(10-16)12-25(13-22)11-19(27)26-4-5-29-14-21(26,2)3/h6-8,16H,4-5,9-14H2,1-3H3,(H,24,28). The third kappa shape index (κ3) is 4.30. The zero-order chi connectivity index (χ0) is 20.8. The number of ether oxygens (including phenoxy) is 1. The van der Waals surface area contributed by atoms with Gasteiger partial charge in [0.05, 0.1) is 25.3 Å². The fourth-order valence-electron chi connectivity index (χ4n) is 5.09. The first kappa shape index (κ1) is 20.6. The number of likely N-dealkylation sites (tertiary alicyclic amines) is 1. The first-order valence-electron chi connectivity index (χ1n) is 10.3. The number of morpholine rings is 1. The third-order valence-corrected chi connectivity index (χ3v) is 6.68. The molecule has 1 aromatic rings. The van der Waals surface area contributed by atoms with Gasteiger partial charge >= 0.3 is 0 Å². The Bertz CT molecular complexity index is 791. The van der Waals surface area contributed by atoms with E-state index < -0.39 is 0 Å². The van der Waals surface area contributed by atoms with Gasteiger partial charge in [-0.25, -0.2) is 0 Å². The summed E-state index contributed by atoms with van der Waals surface area (Å²) in [5, 5.41) is 3.63. The van der Waals surface area contributed by atoms with E-state index in [2.05, 4.69) is 24.1 Å². The lowest BCUT2D eigenvalue weighted by atomic mass is 9.57. The molecule has 29 heavy (non-hydrogen) atoms. The van der Waals surface area contributed by atoms with Gasteiger partial charge in [0.15, 0.2) is 0 Å². The van der Waals surface area contributed by atoms with Gasteiger partial charge in [0.2, 0.25) is 11.8 Å². The van der Waals surface area contributed by atoms with Gasteiger partial charge in [0, 0.05) is 36.3 Å². The molecule has 3 aliphatic rings. The normalized spacial score (nSPS) is 23.4. The summed E-state index contributed by atoms with van der Waals surface area (Å²) in [6.07, 6.45) is 1.79. The monoisotopic (exact) mass is 419 g/mol. The number of amides is 2. The summed E-state index contributed by atoms with van der Waals surface area (Å²) in [6.45, 7) is 10.2. The van der Waals surface area contributed by atoms with Crippen molar-refractivity contribution in [1.29, 1.82) is 0 Å². The van der Waals surface area contributed by atoms with Crippen molar-refractivity contribution >= 4 is 29.1 Å². The van der Waals surface area contributed by atoms with Crippen LogP contribution in [0.1, 0.15) is 32.3 Å². The Hall–Kier alpha value is -1.63. The van der Waals surface area contributed by atoms with E-state index in [0.29, 0.717) is 31.3 Å². The summed E-state index contributed by atoms with van der Waals surface area (Å²) in [5.74, 6) is 0.297. The average Bonchev–Trinajstić information content (AvgIpc) is 2.53. The van der Waals surface area contributed by atoms with Crippen molar-refractivity contribution in [2.24, 2.45) is 11.3 Å². The summed E-state index contributed by atoms with van der Waals surface area (Å²) >= 11 is 6.07. The lowest BCUT2D eigenvalue weighted by molar-refractivity contribution is -0.157. The molecule has 3 fully saturated rings. The molecule has 158 valence electrons. The summed E-state index contributed by atoms with van der Waals surface area (Å²) in [7, 11) is 0. The minimum atomic E-state index is -0.240. The topological polar surface area (TPSA) is 61.9 Å². The van der Waals surface area contributed by atoms with Crippen LogP contribution in [0.2, 0.25) is 5.02 Å². The summed E-state index contributed by atoms with van der Waals surface area (Å²) in [4.78, 5) is 29.4. The number of carbonyl (C=O) groups is 2. The van der Waals surface area contributed by atoms with E-state index in [0.717, 1.165) is 37.2 Å². The Balaban J connectivity index is 1.23. The first-order chi connectivity index (χ1) is 13.7. The van der Waals surface area contributed by atoms with Crippen LogP contribution < -0.4 is 5.32 Å². The summed E-state index contributed by atoms with van der Waals surface area (Å²) in [6, 6.07) is 5.59. The Labute approximate surface area is 177 Å². The maximum absolute atomic E-state index is 12.7. The molecule has 1 aliphatic carbocycles. The van der Waals surface area contributed by atoms with Crippen LogP contribution >= 0.6 is 11.6 Å². The van der Waals surface area contributed by atoms with Crippen molar-refractivity contribution in [2.75, 3.05) is 44.7 Å².